The minimum Gasteiger partial charge on any atom is -0.392 e. The molecule has 0 aliphatic rings. The van der Waals surface area contributed by atoms with Gasteiger partial charge in [0.05, 0.1) is 12.0 Å². The summed E-state index contributed by atoms with van der Waals surface area (Å²) in [6, 6.07) is 0. The molecule has 0 saturated heterocycles. The van der Waals surface area contributed by atoms with Crippen LogP contribution >= 0.6 is 0 Å². The lowest BCUT2D eigenvalue weighted by molar-refractivity contribution is 0.280. The lowest BCUT2D eigenvalue weighted by Crippen LogP contribution is -2.05. The molecule has 0 atom stereocenters. The van der Waals surface area contributed by atoms with E-state index < -0.39 is 0 Å². The van der Waals surface area contributed by atoms with Crippen molar-refractivity contribution in [3.63, 3.8) is 0 Å². The molecule has 16 heavy (non-hydrogen) atoms. The highest BCUT2D eigenvalue weighted by Crippen LogP contribution is 2.24. The molecule has 2 heterocycles. The van der Waals surface area contributed by atoms with Crippen LogP contribution in [0.2, 0.25) is 0 Å². The molecule has 0 aliphatic heterocycles. The predicted octanol–water partition coefficient (Wildman–Crippen LogP) is 0.244. The zero-order chi connectivity index (χ0) is 11.7. The maximum Gasteiger partial charge on any atom is 0.224 e. The summed E-state index contributed by atoms with van der Waals surface area (Å²) in [5.74, 6) is 0.415. The molecular weight excluding hydrogens is 206 g/mol. The third kappa shape index (κ3) is 1.53. The second-order valence-electron chi connectivity index (χ2n) is 3.44. The van der Waals surface area contributed by atoms with Gasteiger partial charge in [0.2, 0.25) is 5.95 Å². The van der Waals surface area contributed by atoms with Crippen LogP contribution in [0.15, 0.2) is 6.20 Å². The van der Waals surface area contributed by atoms with Gasteiger partial charge in [0.1, 0.15) is 5.82 Å². The first-order valence-electron chi connectivity index (χ1n) is 4.97. The molecule has 84 valence electrons. The average Bonchev–Trinajstić information content (AvgIpc) is 2.27. The highest BCUT2D eigenvalue weighted by molar-refractivity contribution is 5.90. The normalized spacial score (nSPS) is 10.9. The van der Waals surface area contributed by atoms with Crippen LogP contribution in [0.5, 0.6) is 0 Å². The van der Waals surface area contributed by atoms with Crippen LogP contribution in [0.25, 0.3) is 11.0 Å². The quantitative estimate of drug-likeness (QED) is 0.667. The van der Waals surface area contributed by atoms with E-state index in [2.05, 4.69) is 15.0 Å². The average molecular weight is 219 g/mol. The van der Waals surface area contributed by atoms with Gasteiger partial charge < -0.3 is 16.6 Å². The van der Waals surface area contributed by atoms with Gasteiger partial charge in [-0.15, -0.1) is 0 Å². The largest absolute Gasteiger partial charge is 0.392 e. The fourth-order valence-electron chi connectivity index (χ4n) is 1.78. The van der Waals surface area contributed by atoms with Gasteiger partial charge in [0, 0.05) is 6.20 Å². The van der Waals surface area contributed by atoms with Crippen molar-refractivity contribution in [1.29, 1.82) is 0 Å². The number of nitrogens with zero attached hydrogens (tertiary/aromatic N) is 3. The van der Waals surface area contributed by atoms with Gasteiger partial charge in [0.25, 0.3) is 0 Å². The Morgan fingerprint density at radius 1 is 1.31 bits per heavy atom. The first-order valence-corrected chi connectivity index (χ1v) is 4.97. The molecule has 6 heteroatoms. The Bertz CT molecular complexity index is 540. The van der Waals surface area contributed by atoms with Crippen molar-refractivity contribution in [3.8, 4) is 0 Å². The van der Waals surface area contributed by atoms with Gasteiger partial charge in [-0.2, -0.15) is 9.97 Å². The Balaban J connectivity index is 2.86. The molecule has 0 aromatic carbocycles. The number of aliphatic hydroxyl groups excluding tert-OH is 1. The SMILES string of the molecule is CCc1c(CO)cnc2nc(N)nc(N)c12. The predicted molar refractivity (Wildman–Crippen MR) is 61.5 cm³/mol. The van der Waals surface area contributed by atoms with Gasteiger partial charge in [-0.05, 0) is 17.5 Å². The number of nitrogens with two attached hydrogens (primary N) is 2. The zero-order valence-corrected chi connectivity index (χ0v) is 8.94. The Labute approximate surface area is 92.3 Å². The van der Waals surface area contributed by atoms with Gasteiger partial charge in [-0.3, -0.25) is 0 Å². The van der Waals surface area contributed by atoms with Crippen molar-refractivity contribution in [2.24, 2.45) is 0 Å². The smallest absolute Gasteiger partial charge is 0.224 e. The number of anilines is 2. The van der Waals surface area contributed by atoms with Gasteiger partial charge in [-0.1, -0.05) is 6.92 Å². The Morgan fingerprint density at radius 2 is 2.06 bits per heavy atom. The molecule has 0 amide bonds. The number of rotatable bonds is 2. The molecule has 0 fully saturated rings. The lowest BCUT2D eigenvalue weighted by atomic mass is 10.0. The van der Waals surface area contributed by atoms with E-state index in [0.29, 0.717) is 16.9 Å². The molecule has 0 bridgehead atoms. The van der Waals surface area contributed by atoms with E-state index in [9.17, 15) is 5.11 Å². The summed E-state index contributed by atoms with van der Waals surface area (Å²) in [4.78, 5) is 12.0. The van der Waals surface area contributed by atoms with Crippen molar-refractivity contribution in [3.05, 3.63) is 17.3 Å². The summed E-state index contributed by atoms with van der Waals surface area (Å²) in [6.45, 7) is 1.90. The topological polar surface area (TPSA) is 111 Å². The number of fused-ring (bicyclic) bond motifs is 1. The van der Waals surface area contributed by atoms with E-state index in [-0.39, 0.29) is 12.6 Å². The molecule has 0 unspecified atom stereocenters. The Kier molecular flexibility index (Phi) is 2.57. The number of aliphatic hydroxyl groups is 1. The second kappa shape index (κ2) is 3.90. The first-order chi connectivity index (χ1) is 7.67. The van der Waals surface area contributed by atoms with Crippen LogP contribution in [0, 0.1) is 0 Å². The third-order valence-corrected chi connectivity index (χ3v) is 2.49. The third-order valence-electron chi connectivity index (χ3n) is 2.49. The molecule has 5 N–H and O–H groups in total. The number of hydrogen-bond acceptors (Lipinski definition) is 6. The summed E-state index contributed by atoms with van der Waals surface area (Å²) in [7, 11) is 0. The fraction of sp³-hybridized carbons (Fsp3) is 0.300. The van der Waals surface area contributed by atoms with E-state index in [0.717, 1.165) is 17.5 Å². The minimum atomic E-state index is -0.0735. The van der Waals surface area contributed by atoms with Crippen LogP contribution in [-0.4, -0.2) is 20.1 Å². The maximum atomic E-state index is 9.21. The van der Waals surface area contributed by atoms with E-state index >= 15 is 0 Å². The summed E-state index contributed by atoms with van der Waals surface area (Å²) >= 11 is 0. The molecule has 0 spiro atoms. The van der Waals surface area contributed by atoms with Crippen LogP contribution in [0.4, 0.5) is 11.8 Å². The number of nitrogen functional groups attached to an aromatic ring is 2. The van der Waals surface area contributed by atoms with Crippen molar-refractivity contribution in [1.82, 2.24) is 15.0 Å². The summed E-state index contributed by atoms with van der Waals surface area (Å²) in [5.41, 5.74) is 13.4. The monoisotopic (exact) mass is 219 g/mol. The standard InChI is InChI=1S/C10H13N5O/c1-2-6-5(4-16)3-13-9-7(6)8(11)14-10(12)15-9/h3,16H,2,4H2,1H3,(H4,11,12,13,14,15). The molecular formula is C10H13N5O. The van der Waals surface area contributed by atoms with Crippen molar-refractivity contribution in [2.75, 3.05) is 11.5 Å². The van der Waals surface area contributed by atoms with Gasteiger partial charge in [-0.25, -0.2) is 4.98 Å². The molecule has 0 saturated carbocycles. The van der Waals surface area contributed by atoms with Crippen LogP contribution < -0.4 is 11.5 Å². The number of aromatic nitrogens is 3. The molecule has 2 aromatic heterocycles. The highest BCUT2D eigenvalue weighted by Gasteiger charge is 2.12. The van der Waals surface area contributed by atoms with Crippen molar-refractivity contribution in [2.45, 2.75) is 20.0 Å². The molecule has 2 rings (SSSR count). The first kappa shape index (κ1) is 10.6. The van der Waals surface area contributed by atoms with Gasteiger partial charge in [0.15, 0.2) is 5.65 Å². The highest BCUT2D eigenvalue weighted by atomic mass is 16.3. The lowest BCUT2D eigenvalue weighted by Gasteiger charge is -2.10. The zero-order valence-electron chi connectivity index (χ0n) is 8.94. The van der Waals surface area contributed by atoms with Crippen LogP contribution in [0.3, 0.4) is 0 Å². The number of aryl methyl sites for hydroxylation is 1. The van der Waals surface area contributed by atoms with Crippen molar-refractivity contribution >= 4 is 22.8 Å². The Morgan fingerprint density at radius 3 is 2.69 bits per heavy atom. The maximum absolute atomic E-state index is 9.21. The van der Waals surface area contributed by atoms with Crippen molar-refractivity contribution < 1.29 is 5.11 Å². The Hall–Kier alpha value is -1.95. The summed E-state index contributed by atoms with van der Waals surface area (Å²) in [5, 5.41) is 9.89. The van der Waals surface area contributed by atoms with E-state index in [1.807, 2.05) is 6.92 Å². The second-order valence-corrected chi connectivity index (χ2v) is 3.44. The molecule has 0 radical (unpaired) electrons. The number of pyridine rings is 1. The number of hydrogen-bond donors (Lipinski definition) is 3. The summed E-state index contributed by atoms with van der Waals surface area (Å²) in [6.07, 6.45) is 2.32. The molecule has 6 nitrogen and oxygen atoms in total. The van der Waals surface area contributed by atoms with Crippen LogP contribution in [0.1, 0.15) is 18.1 Å². The summed E-state index contributed by atoms with van der Waals surface area (Å²) < 4.78 is 0. The van der Waals surface area contributed by atoms with E-state index in [1.54, 1.807) is 6.20 Å². The van der Waals surface area contributed by atoms with Crippen LogP contribution in [-0.2, 0) is 13.0 Å². The minimum absolute atomic E-state index is 0.0735. The van der Waals surface area contributed by atoms with E-state index in [1.165, 1.54) is 0 Å². The molecule has 0 aliphatic carbocycles. The van der Waals surface area contributed by atoms with E-state index in [4.69, 9.17) is 11.5 Å². The fourth-order valence-corrected chi connectivity index (χ4v) is 1.78. The molecule has 2 aromatic rings. The van der Waals surface area contributed by atoms with Gasteiger partial charge >= 0.3 is 0 Å².